The summed E-state index contributed by atoms with van der Waals surface area (Å²) in [6.45, 7) is 4.17. The van der Waals surface area contributed by atoms with Gasteiger partial charge >= 0.3 is 0 Å². The van der Waals surface area contributed by atoms with Crippen molar-refractivity contribution < 1.29 is 13.5 Å². The molecule has 1 aromatic carbocycles. The number of hydrogen-bond acceptors (Lipinski definition) is 4. The first-order chi connectivity index (χ1) is 9.93. The molecule has 0 aliphatic rings. The van der Waals surface area contributed by atoms with Gasteiger partial charge in [-0.05, 0) is 37.3 Å². The number of nitrogens with zero attached hydrogens (tertiary/aromatic N) is 2. The molecule has 112 valence electrons. The maximum absolute atomic E-state index is 12.6. The molecule has 1 N–H and O–H groups in total. The second-order valence-electron chi connectivity index (χ2n) is 4.70. The topological polar surface area (TPSA) is 70.5 Å². The SMILES string of the molecule is CCN(Cc1cccc(C)n1)S(=O)(=O)c1cccc(O)c1. The molecule has 0 spiro atoms. The van der Waals surface area contributed by atoms with Crippen LogP contribution in [0.5, 0.6) is 5.75 Å². The number of rotatable bonds is 5. The number of aryl methyl sites for hydroxylation is 1. The predicted molar refractivity (Wildman–Crippen MR) is 80.4 cm³/mol. The van der Waals surface area contributed by atoms with Crippen molar-refractivity contribution >= 4 is 10.0 Å². The van der Waals surface area contributed by atoms with E-state index in [9.17, 15) is 13.5 Å². The average molecular weight is 306 g/mol. The fourth-order valence-corrected chi connectivity index (χ4v) is 3.49. The van der Waals surface area contributed by atoms with Crippen molar-refractivity contribution in [2.45, 2.75) is 25.3 Å². The van der Waals surface area contributed by atoms with Crippen LogP contribution in [0.1, 0.15) is 18.3 Å². The summed E-state index contributed by atoms with van der Waals surface area (Å²) in [5.74, 6) is -0.0687. The van der Waals surface area contributed by atoms with Gasteiger partial charge < -0.3 is 5.11 Å². The molecule has 1 aromatic heterocycles. The highest BCUT2D eigenvalue weighted by atomic mass is 32.2. The Morgan fingerprint density at radius 2 is 1.90 bits per heavy atom. The van der Waals surface area contributed by atoms with Gasteiger partial charge in [0.05, 0.1) is 17.1 Å². The summed E-state index contributed by atoms with van der Waals surface area (Å²) in [4.78, 5) is 4.41. The fourth-order valence-electron chi connectivity index (χ4n) is 2.03. The first-order valence-corrected chi connectivity index (χ1v) is 8.09. The molecule has 0 fully saturated rings. The van der Waals surface area contributed by atoms with E-state index in [-0.39, 0.29) is 17.2 Å². The maximum atomic E-state index is 12.6. The second-order valence-corrected chi connectivity index (χ2v) is 6.64. The first-order valence-electron chi connectivity index (χ1n) is 6.65. The molecule has 0 atom stereocenters. The zero-order chi connectivity index (χ0) is 15.5. The van der Waals surface area contributed by atoms with Crippen LogP contribution in [-0.2, 0) is 16.6 Å². The third kappa shape index (κ3) is 3.59. The Morgan fingerprint density at radius 3 is 2.52 bits per heavy atom. The van der Waals surface area contributed by atoms with Crippen molar-refractivity contribution in [2.24, 2.45) is 0 Å². The van der Waals surface area contributed by atoms with E-state index in [1.807, 2.05) is 19.1 Å². The molecule has 0 aliphatic carbocycles. The lowest BCUT2D eigenvalue weighted by atomic mass is 10.3. The highest BCUT2D eigenvalue weighted by Gasteiger charge is 2.23. The number of phenolic OH excluding ortho intramolecular Hbond substituents is 1. The number of pyridine rings is 1. The molecule has 0 amide bonds. The van der Waals surface area contributed by atoms with Gasteiger partial charge in [0, 0.05) is 12.2 Å². The molecule has 2 rings (SSSR count). The van der Waals surface area contributed by atoms with E-state index in [1.54, 1.807) is 13.0 Å². The number of aromatic nitrogens is 1. The van der Waals surface area contributed by atoms with Gasteiger partial charge in [0.2, 0.25) is 10.0 Å². The Hall–Kier alpha value is -1.92. The van der Waals surface area contributed by atoms with E-state index in [0.29, 0.717) is 12.2 Å². The summed E-state index contributed by atoms with van der Waals surface area (Å²) < 4.78 is 26.5. The summed E-state index contributed by atoms with van der Waals surface area (Å²) >= 11 is 0. The van der Waals surface area contributed by atoms with Crippen LogP contribution in [0.4, 0.5) is 0 Å². The van der Waals surface area contributed by atoms with Crippen molar-refractivity contribution in [1.82, 2.24) is 9.29 Å². The van der Waals surface area contributed by atoms with E-state index in [1.165, 1.54) is 28.6 Å². The summed E-state index contributed by atoms with van der Waals surface area (Å²) in [5.41, 5.74) is 1.54. The van der Waals surface area contributed by atoms with Crippen LogP contribution in [0.15, 0.2) is 47.4 Å². The van der Waals surface area contributed by atoms with E-state index in [4.69, 9.17) is 0 Å². The summed E-state index contributed by atoms with van der Waals surface area (Å²) in [6.07, 6.45) is 0. The molecule has 0 bridgehead atoms. The molecular formula is C15H18N2O3S. The van der Waals surface area contributed by atoms with Crippen LogP contribution in [0, 0.1) is 6.92 Å². The maximum Gasteiger partial charge on any atom is 0.243 e. The monoisotopic (exact) mass is 306 g/mol. The first kappa shape index (κ1) is 15.5. The quantitative estimate of drug-likeness (QED) is 0.920. The minimum Gasteiger partial charge on any atom is -0.508 e. The van der Waals surface area contributed by atoms with Gasteiger partial charge in [-0.1, -0.05) is 19.1 Å². The highest BCUT2D eigenvalue weighted by molar-refractivity contribution is 7.89. The van der Waals surface area contributed by atoms with Gasteiger partial charge in [-0.2, -0.15) is 4.31 Å². The molecule has 1 heterocycles. The average Bonchev–Trinajstić information content (AvgIpc) is 2.44. The fraction of sp³-hybridized carbons (Fsp3) is 0.267. The van der Waals surface area contributed by atoms with Crippen molar-refractivity contribution in [3.63, 3.8) is 0 Å². The molecule has 6 heteroatoms. The van der Waals surface area contributed by atoms with Crippen LogP contribution in [-0.4, -0.2) is 29.4 Å². The Bertz CT molecular complexity index is 729. The lowest BCUT2D eigenvalue weighted by molar-refractivity contribution is 0.417. The third-order valence-electron chi connectivity index (χ3n) is 3.09. The van der Waals surface area contributed by atoms with Gasteiger partial charge in [-0.3, -0.25) is 4.98 Å². The van der Waals surface area contributed by atoms with Gasteiger partial charge in [0.15, 0.2) is 0 Å². The van der Waals surface area contributed by atoms with E-state index in [2.05, 4.69) is 4.98 Å². The minimum atomic E-state index is -3.65. The van der Waals surface area contributed by atoms with Crippen molar-refractivity contribution in [2.75, 3.05) is 6.54 Å². The van der Waals surface area contributed by atoms with Gasteiger partial charge in [-0.25, -0.2) is 8.42 Å². The zero-order valence-electron chi connectivity index (χ0n) is 12.0. The zero-order valence-corrected chi connectivity index (χ0v) is 12.8. The molecule has 5 nitrogen and oxygen atoms in total. The molecule has 0 radical (unpaired) electrons. The molecule has 0 unspecified atom stereocenters. The molecular weight excluding hydrogens is 288 g/mol. The smallest absolute Gasteiger partial charge is 0.243 e. The predicted octanol–water partition coefficient (Wildman–Crippen LogP) is 2.31. The van der Waals surface area contributed by atoms with Crippen molar-refractivity contribution in [3.8, 4) is 5.75 Å². The number of hydrogen-bond donors (Lipinski definition) is 1. The molecule has 0 saturated carbocycles. The molecule has 21 heavy (non-hydrogen) atoms. The number of aromatic hydroxyl groups is 1. The van der Waals surface area contributed by atoms with Crippen LogP contribution in [0.25, 0.3) is 0 Å². The standard InChI is InChI=1S/C15H18N2O3S/c1-3-17(11-13-7-4-6-12(2)16-13)21(19,20)15-9-5-8-14(18)10-15/h4-10,18H,3,11H2,1-2H3. The van der Waals surface area contributed by atoms with Crippen LogP contribution >= 0.6 is 0 Å². The van der Waals surface area contributed by atoms with Gasteiger partial charge in [0.1, 0.15) is 5.75 Å². The van der Waals surface area contributed by atoms with Crippen LogP contribution in [0.3, 0.4) is 0 Å². The Morgan fingerprint density at radius 1 is 1.19 bits per heavy atom. The van der Waals surface area contributed by atoms with E-state index < -0.39 is 10.0 Å². The van der Waals surface area contributed by atoms with E-state index in [0.717, 1.165) is 5.69 Å². The molecule has 0 saturated heterocycles. The largest absolute Gasteiger partial charge is 0.508 e. The highest BCUT2D eigenvalue weighted by Crippen LogP contribution is 2.21. The van der Waals surface area contributed by atoms with Gasteiger partial charge in [0.25, 0.3) is 0 Å². The van der Waals surface area contributed by atoms with Crippen LogP contribution < -0.4 is 0 Å². The lowest BCUT2D eigenvalue weighted by Crippen LogP contribution is -2.30. The number of benzene rings is 1. The van der Waals surface area contributed by atoms with Gasteiger partial charge in [-0.15, -0.1) is 0 Å². The molecule has 0 aliphatic heterocycles. The third-order valence-corrected chi connectivity index (χ3v) is 5.01. The second kappa shape index (κ2) is 6.24. The summed E-state index contributed by atoms with van der Waals surface area (Å²) in [6, 6.07) is 11.2. The van der Waals surface area contributed by atoms with Crippen molar-refractivity contribution in [1.29, 1.82) is 0 Å². The summed E-state index contributed by atoms with van der Waals surface area (Å²) in [5, 5.41) is 9.46. The Kier molecular flexibility index (Phi) is 4.59. The summed E-state index contributed by atoms with van der Waals surface area (Å²) in [7, 11) is -3.65. The van der Waals surface area contributed by atoms with Crippen molar-refractivity contribution in [3.05, 3.63) is 53.9 Å². The number of phenols is 1. The number of sulfonamides is 1. The Labute approximate surface area is 124 Å². The Balaban J connectivity index is 2.32. The minimum absolute atomic E-state index is 0.0687. The molecule has 2 aromatic rings. The van der Waals surface area contributed by atoms with E-state index >= 15 is 0 Å². The normalized spacial score (nSPS) is 11.8. The lowest BCUT2D eigenvalue weighted by Gasteiger charge is -2.20. The van der Waals surface area contributed by atoms with Crippen LogP contribution in [0.2, 0.25) is 0 Å².